The summed E-state index contributed by atoms with van der Waals surface area (Å²) in [4.78, 5) is 14.7. The van der Waals surface area contributed by atoms with Gasteiger partial charge in [0, 0.05) is 19.1 Å². The van der Waals surface area contributed by atoms with E-state index < -0.39 is 10.0 Å². The van der Waals surface area contributed by atoms with E-state index in [2.05, 4.69) is 18.6 Å². The molecule has 0 aromatic heterocycles. The first kappa shape index (κ1) is 23.2. The maximum absolute atomic E-state index is 13.3. The van der Waals surface area contributed by atoms with Gasteiger partial charge in [-0.2, -0.15) is 0 Å². The minimum absolute atomic E-state index is 0.0367. The Hall–Kier alpha value is -2.42. The van der Waals surface area contributed by atoms with Crippen LogP contribution < -0.4 is 9.46 Å². The van der Waals surface area contributed by atoms with E-state index in [0.717, 1.165) is 5.56 Å². The van der Waals surface area contributed by atoms with Crippen LogP contribution in [-0.2, 0) is 14.8 Å². The van der Waals surface area contributed by atoms with Crippen LogP contribution in [0, 0.1) is 5.92 Å². The molecular formula is C23H30N2O5S. The summed E-state index contributed by atoms with van der Waals surface area (Å²) in [5.74, 6) is 0.374. The van der Waals surface area contributed by atoms with Gasteiger partial charge in [-0.1, -0.05) is 44.2 Å². The second-order valence-corrected chi connectivity index (χ2v) is 9.69. The van der Waals surface area contributed by atoms with E-state index in [1.165, 1.54) is 25.3 Å². The lowest BCUT2D eigenvalue weighted by atomic mass is 9.98. The highest BCUT2D eigenvalue weighted by Gasteiger charge is 2.27. The van der Waals surface area contributed by atoms with Gasteiger partial charge in [0.05, 0.1) is 30.8 Å². The van der Waals surface area contributed by atoms with Crippen molar-refractivity contribution in [1.82, 2.24) is 9.62 Å². The molecule has 3 rings (SSSR count). The van der Waals surface area contributed by atoms with Gasteiger partial charge in [0.1, 0.15) is 5.75 Å². The molecule has 2 aromatic rings. The van der Waals surface area contributed by atoms with Crippen molar-refractivity contribution in [3.63, 3.8) is 0 Å². The van der Waals surface area contributed by atoms with E-state index in [9.17, 15) is 13.2 Å². The number of rotatable bonds is 8. The lowest BCUT2D eigenvalue weighted by Crippen LogP contribution is -2.41. The van der Waals surface area contributed by atoms with Crippen molar-refractivity contribution in [3.05, 3.63) is 59.7 Å². The molecule has 1 saturated heterocycles. The summed E-state index contributed by atoms with van der Waals surface area (Å²) < 4.78 is 40.0. The number of nitrogens with one attached hydrogen (secondary N) is 1. The minimum atomic E-state index is -3.87. The Morgan fingerprint density at radius 1 is 1.13 bits per heavy atom. The quantitative estimate of drug-likeness (QED) is 0.673. The van der Waals surface area contributed by atoms with E-state index >= 15 is 0 Å². The van der Waals surface area contributed by atoms with Crippen LogP contribution in [-0.4, -0.2) is 52.6 Å². The van der Waals surface area contributed by atoms with Gasteiger partial charge in [0.25, 0.3) is 5.91 Å². The summed E-state index contributed by atoms with van der Waals surface area (Å²) in [6, 6.07) is 13.5. The number of carbonyl (C=O) groups is 1. The van der Waals surface area contributed by atoms with Gasteiger partial charge in [0.2, 0.25) is 10.0 Å². The molecule has 0 unspecified atom stereocenters. The van der Waals surface area contributed by atoms with Crippen molar-refractivity contribution in [1.29, 1.82) is 0 Å². The number of ether oxygens (including phenoxy) is 2. The number of morpholine rings is 1. The second-order valence-electron chi connectivity index (χ2n) is 7.98. The third-order valence-electron chi connectivity index (χ3n) is 5.22. The summed E-state index contributed by atoms with van der Waals surface area (Å²) in [5.41, 5.74) is 1.13. The summed E-state index contributed by atoms with van der Waals surface area (Å²) >= 11 is 0. The Balaban J connectivity index is 1.91. The predicted octanol–water partition coefficient (Wildman–Crippen LogP) is 3.23. The molecule has 1 atom stereocenters. The van der Waals surface area contributed by atoms with E-state index in [-0.39, 0.29) is 22.4 Å². The molecule has 8 heteroatoms. The summed E-state index contributed by atoms with van der Waals surface area (Å²) in [6.07, 6.45) is 0.652. The number of amides is 1. The average Bonchev–Trinajstić information content (AvgIpc) is 2.78. The molecule has 2 aromatic carbocycles. The monoisotopic (exact) mass is 446 g/mol. The van der Waals surface area contributed by atoms with Crippen LogP contribution in [0.5, 0.6) is 5.75 Å². The van der Waals surface area contributed by atoms with Crippen LogP contribution in [0.1, 0.15) is 42.2 Å². The molecule has 1 aliphatic rings. The third-order valence-corrected chi connectivity index (χ3v) is 6.69. The minimum Gasteiger partial charge on any atom is -0.496 e. The van der Waals surface area contributed by atoms with E-state index in [1.807, 2.05) is 30.3 Å². The molecule has 1 heterocycles. The van der Waals surface area contributed by atoms with Gasteiger partial charge in [-0.05, 0) is 36.1 Å². The van der Waals surface area contributed by atoms with E-state index in [0.29, 0.717) is 44.4 Å². The highest BCUT2D eigenvalue weighted by atomic mass is 32.2. The van der Waals surface area contributed by atoms with Crippen LogP contribution in [0.25, 0.3) is 0 Å². The lowest BCUT2D eigenvalue weighted by molar-refractivity contribution is 0.0300. The Bertz CT molecular complexity index is 986. The number of carbonyl (C=O) groups excluding carboxylic acids is 1. The third kappa shape index (κ3) is 5.84. The zero-order chi connectivity index (χ0) is 22.4. The molecule has 0 aliphatic carbocycles. The second kappa shape index (κ2) is 10.3. The number of methoxy groups -OCH3 is 1. The molecule has 0 radical (unpaired) electrons. The van der Waals surface area contributed by atoms with Crippen molar-refractivity contribution in [2.75, 3.05) is 33.4 Å². The number of hydrogen-bond acceptors (Lipinski definition) is 5. The van der Waals surface area contributed by atoms with Gasteiger partial charge in [-0.25, -0.2) is 13.1 Å². The van der Waals surface area contributed by atoms with Crippen molar-refractivity contribution < 1.29 is 22.7 Å². The zero-order valence-electron chi connectivity index (χ0n) is 18.2. The molecule has 31 heavy (non-hydrogen) atoms. The zero-order valence-corrected chi connectivity index (χ0v) is 19.0. The molecule has 1 N–H and O–H groups in total. The van der Waals surface area contributed by atoms with Gasteiger partial charge in [-0.3, -0.25) is 4.79 Å². The van der Waals surface area contributed by atoms with Crippen molar-refractivity contribution >= 4 is 15.9 Å². The van der Waals surface area contributed by atoms with Gasteiger partial charge < -0.3 is 14.4 Å². The number of sulfonamides is 1. The Kier molecular flexibility index (Phi) is 7.69. The largest absolute Gasteiger partial charge is 0.496 e. The van der Waals surface area contributed by atoms with Crippen LogP contribution in [0.3, 0.4) is 0 Å². The standard InChI is InChI=1S/C23H30N2O5S/c1-17(2)15-21(18-7-5-4-6-8-18)24-31(27,28)19-9-10-22(29-3)20(16-19)23(26)25-11-13-30-14-12-25/h4-10,16-17,21,24H,11-15H2,1-3H3/t21-/m0/s1. The highest BCUT2D eigenvalue weighted by molar-refractivity contribution is 7.89. The molecule has 1 fully saturated rings. The molecular weight excluding hydrogens is 416 g/mol. The smallest absolute Gasteiger partial charge is 0.257 e. The van der Waals surface area contributed by atoms with Gasteiger partial charge in [-0.15, -0.1) is 0 Å². The summed E-state index contributed by atoms with van der Waals surface area (Å²) in [7, 11) is -2.40. The van der Waals surface area contributed by atoms with E-state index in [1.54, 1.807) is 4.90 Å². The molecule has 1 aliphatic heterocycles. The summed E-state index contributed by atoms with van der Waals surface area (Å²) in [6.45, 7) is 5.94. The lowest BCUT2D eigenvalue weighted by Gasteiger charge is -2.27. The Morgan fingerprint density at radius 2 is 1.81 bits per heavy atom. The van der Waals surface area contributed by atoms with E-state index in [4.69, 9.17) is 9.47 Å². The van der Waals surface area contributed by atoms with Gasteiger partial charge in [0.15, 0.2) is 0 Å². The molecule has 0 saturated carbocycles. The van der Waals surface area contributed by atoms with Crippen LogP contribution in [0.15, 0.2) is 53.4 Å². The van der Waals surface area contributed by atoms with Crippen molar-refractivity contribution in [3.8, 4) is 5.75 Å². The molecule has 7 nitrogen and oxygen atoms in total. The maximum atomic E-state index is 13.3. The Labute approximate surface area is 184 Å². The normalized spacial score (nSPS) is 15.7. The Morgan fingerprint density at radius 3 is 2.42 bits per heavy atom. The number of nitrogens with zero attached hydrogens (tertiary/aromatic N) is 1. The average molecular weight is 447 g/mol. The number of benzene rings is 2. The fraction of sp³-hybridized carbons (Fsp3) is 0.435. The number of hydrogen-bond donors (Lipinski definition) is 1. The summed E-state index contributed by atoms with van der Waals surface area (Å²) in [5, 5.41) is 0. The first-order valence-corrected chi connectivity index (χ1v) is 11.9. The fourth-order valence-electron chi connectivity index (χ4n) is 3.62. The van der Waals surface area contributed by atoms with Crippen LogP contribution >= 0.6 is 0 Å². The molecule has 0 spiro atoms. The first-order valence-electron chi connectivity index (χ1n) is 10.4. The first-order chi connectivity index (χ1) is 14.8. The highest BCUT2D eigenvalue weighted by Crippen LogP contribution is 2.27. The molecule has 168 valence electrons. The van der Waals surface area contributed by atoms with Crippen LogP contribution in [0.4, 0.5) is 0 Å². The van der Waals surface area contributed by atoms with Crippen molar-refractivity contribution in [2.24, 2.45) is 5.92 Å². The predicted molar refractivity (Wildman–Crippen MR) is 119 cm³/mol. The topological polar surface area (TPSA) is 84.9 Å². The molecule has 0 bridgehead atoms. The fourth-order valence-corrected chi connectivity index (χ4v) is 4.89. The molecule has 1 amide bonds. The van der Waals surface area contributed by atoms with Crippen LogP contribution in [0.2, 0.25) is 0 Å². The SMILES string of the molecule is COc1ccc(S(=O)(=O)N[C@@H](CC(C)C)c2ccccc2)cc1C(=O)N1CCOCC1. The van der Waals surface area contributed by atoms with Crippen molar-refractivity contribution in [2.45, 2.75) is 31.2 Å². The maximum Gasteiger partial charge on any atom is 0.257 e. The van der Waals surface area contributed by atoms with Gasteiger partial charge >= 0.3 is 0 Å².